The summed E-state index contributed by atoms with van der Waals surface area (Å²) in [6.45, 7) is 8.01. The Morgan fingerprint density at radius 1 is 1.56 bits per heavy atom. The smallest absolute Gasteiger partial charge is 0.307 e. The van der Waals surface area contributed by atoms with Crippen molar-refractivity contribution < 1.29 is 9.90 Å². The first-order valence-corrected chi connectivity index (χ1v) is 6.44. The SMILES string of the molecule is CCc1cc(CN(C)CC(C)C(=O)O)n(CC)n1. The van der Waals surface area contributed by atoms with Crippen molar-refractivity contribution in [1.82, 2.24) is 14.7 Å². The van der Waals surface area contributed by atoms with E-state index in [-0.39, 0.29) is 5.92 Å². The molecule has 0 spiro atoms. The molecule has 1 atom stereocenters. The van der Waals surface area contributed by atoms with Crippen molar-refractivity contribution in [1.29, 1.82) is 0 Å². The standard InChI is InChI=1S/C13H23N3O2/c1-5-11-7-12(16(6-2)14-11)9-15(4)8-10(3)13(17)18/h7,10H,5-6,8-9H2,1-4H3,(H,17,18). The van der Waals surface area contributed by atoms with E-state index in [1.807, 2.05) is 16.6 Å². The number of carboxylic acid groups (broad SMARTS) is 1. The van der Waals surface area contributed by atoms with Gasteiger partial charge in [0.25, 0.3) is 0 Å². The van der Waals surface area contributed by atoms with Crippen molar-refractivity contribution in [2.24, 2.45) is 5.92 Å². The summed E-state index contributed by atoms with van der Waals surface area (Å²) in [7, 11) is 1.94. The molecule has 1 unspecified atom stereocenters. The van der Waals surface area contributed by atoms with Gasteiger partial charge >= 0.3 is 5.97 Å². The lowest BCUT2D eigenvalue weighted by atomic mass is 10.1. The lowest BCUT2D eigenvalue weighted by Crippen LogP contribution is -2.29. The van der Waals surface area contributed by atoms with Crippen molar-refractivity contribution in [3.8, 4) is 0 Å². The molecular weight excluding hydrogens is 230 g/mol. The summed E-state index contributed by atoms with van der Waals surface area (Å²) >= 11 is 0. The van der Waals surface area contributed by atoms with Crippen LogP contribution in [0, 0.1) is 5.92 Å². The Kier molecular flexibility index (Phi) is 5.34. The van der Waals surface area contributed by atoms with E-state index in [1.165, 1.54) is 0 Å². The number of hydrogen-bond donors (Lipinski definition) is 1. The average molecular weight is 253 g/mol. The van der Waals surface area contributed by atoms with Crippen molar-refractivity contribution in [3.63, 3.8) is 0 Å². The van der Waals surface area contributed by atoms with E-state index < -0.39 is 5.97 Å². The Labute approximate surface area is 108 Å². The van der Waals surface area contributed by atoms with Gasteiger partial charge in [0.2, 0.25) is 0 Å². The number of rotatable bonds is 7. The molecule has 0 aliphatic rings. The third-order valence-electron chi connectivity index (χ3n) is 3.01. The van der Waals surface area contributed by atoms with Crippen LogP contribution in [-0.2, 0) is 24.3 Å². The molecule has 1 aromatic rings. The number of aliphatic carboxylic acids is 1. The van der Waals surface area contributed by atoms with E-state index >= 15 is 0 Å². The van der Waals surface area contributed by atoms with Crippen molar-refractivity contribution in [2.45, 2.75) is 40.3 Å². The first-order chi connectivity index (χ1) is 8.47. The Hall–Kier alpha value is -1.36. The lowest BCUT2D eigenvalue weighted by molar-refractivity contribution is -0.141. The van der Waals surface area contributed by atoms with Crippen LogP contribution in [0.2, 0.25) is 0 Å². The van der Waals surface area contributed by atoms with Gasteiger partial charge in [-0.05, 0) is 26.5 Å². The Morgan fingerprint density at radius 2 is 2.22 bits per heavy atom. The minimum absolute atomic E-state index is 0.348. The Morgan fingerprint density at radius 3 is 2.72 bits per heavy atom. The van der Waals surface area contributed by atoms with Crippen LogP contribution in [0.4, 0.5) is 0 Å². The number of aromatic nitrogens is 2. The molecule has 0 amide bonds. The summed E-state index contributed by atoms with van der Waals surface area (Å²) in [5, 5.41) is 13.4. The van der Waals surface area contributed by atoms with Gasteiger partial charge in [0.1, 0.15) is 0 Å². The van der Waals surface area contributed by atoms with Crippen LogP contribution < -0.4 is 0 Å². The average Bonchev–Trinajstić information content (AvgIpc) is 2.70. The van der Waals surface area contributed by atoms with Crippen LogP contribution in [-0.4, -0.2) is 39.3 Å². The highest BCUT2D eigenvalue weighted by molar-refractivity contribution is 5.69. The molecule has 1 heterocycles. The van der Waals surface area contributed by atoms with Crippen LogP contribution in [0.1, 0.15) is 32.2 Å². The van der Waals surface area contributed by atoms with Gasteiger partial charge in [-0.2, -0.15) is 5.10 Å². The number of aryl methyl sites for hydroxylation is 2. The van der Waals surface area contributed by atoms with Gasteiger partial charge in [-0.3, -0.25) is 14.4 Å². The van der Waals surface area contributed by atoms with Crippen LogP contribution in [0.5, 0.6) is 0 Å². The maximum atomic E-state index is 10.8. The monoisotopic (exact) mass is 253 g/mol. The fraction of sp³-hybridized carbons (Fsp3) is 0.692. The number of hydrogen-bond acceptors (Lipinski definition) is 3. The molecule has 0 saturated carbocycles. The van der Waals surface area contributed by atoms with E-state index in [1.54, 1.807) is 6.92 Å². The fourth-order valence-electron chi connectivity index (χ4n) is 1.98. The molecule has 0 aliphatic heterocycles. The highest BCUT2D eigenvalue weighted by Crippen LogP contribution is 2.09. The molecule has 5 nitrogen and oxygen atoms in total. The molecule has 0 saturated heterocycles. The van der Waals surface area contributed by atoms with Gasteiger partial charge < -0.3 is 5.11 Å². The van der Waals surface area contributed by atoms with Gasteiger partial charge in [0.15, 0.2) is 0 Å². The second-order valence-corrected chi connectivity index (χ2v) is 4.73. The third-order valence-corrected chi connectivity index (χ3v) is 3.01. The van der Waals surface area contributed by atoms with E-state index in [0.717, 1.165) is 30.9 Å². The second-order valence-electron chi connectivity index (χ2n) is 4.73. The van der Waals surface area contributed by atoms with Gasteiger partial charge in [-0.1, -0.05) is 13.8 Å². The van der Waals surface area contributed by atoms with Gasteiger partial charge in [-0.25, -0.2) is 0 Å². The quantitative estimate of drug-likeness (QED) is 0.802. The molecule has 0 radical (unpaired) electrons. The van der Waals surface area contributed by atoms with Crippen molar-refractivity contribution >= 4 is 5.97 Å². The molecule has 102 valence electrons. The maximum absolute atomic E-state index is 10.8. The first kappa shape index (κ1) is 14.7. The summed E-state index contributed by atoms with van der Waals surface area (Å²) < 4.78 is 1.99. The lowest BCUT2D eigenvalue weighted by Gasteiger charge is -2.19. The molecule has 1 N–H and O–H groups in total. The molecule has 18 heavy (non-hydrogen) atoms. The van der Waals surface area contributed by atoms with E-state index in [9.17, 15) is 4.79 Å². The first-order valence-electron chi connectivity index (χ1n) is 6.44. The Balaban J connectivity index is 2.65. The van der Waals surface area contributed by atoms with E-state index in [4.69, 9.17) is 5.11 Å². The van der Waals surface area contributed by atoms with Crippen LogP contribution in [0.3, 0.4) is 0 Å². The van der Waals surface area contributed by atoms with E-state index in [2.05, 4.69) is 25.0 Å². The fourth-order valence-corrected chi connectivity index (χ4v) is 1.98. The van der Waals surface area contributed by atoms with Crippen LogP contribution in [0.25, 0.3) is 0 Å². The molecule has 5 heteroatoms. The minimum atomic E-state index is -0.750. The molecule has 0 bridgehead atoms. The molecule has 0 aromatic carbocycles. The van der Waals surface area contributed by atoms with Gasteiger partial charge in [0, 0.05) is 19.6 Å². The van der Waals surface area contributed by atoms with Crippen LogP contribution in [0.15, 0.2) is 6.07 Å². The summed E-state index contributed by atoms with van der Waals surface area (Å²) in [6.07, 6.45) is 0.926. The number of nitrogens with zero attached hydrogens (tertiary/aromatic N) is 3. The maximum Gasteiger partial charge on any atom is 0.307 e. The summed E-state index contributed by atoms with van der Waals surface area (Å²) in [6, 6.07) is 2.10. The zero-order valence-corrected chi connectivity index (χ0v) is 11.7. The van der Waals surface area contributed by atoms with Crippen LogP contribution >= 0.6 is 0 Å². The molecular formula is C13H23N3O2. The zero-order valence-electron chi connectivity index (χ0n) is 11.7. The molecule has 0 fully saturated rings. The minimum Gasteiger partial charge on any atom is -0.481 e. The van der Waals surface area contributed by atoms with Crippen molar-refractivity contribution in [2.75, 3.05) is 13.6 Å². The Bertz CT molecular complexity index is 401. The predicted octanol–water partition coefficient (Wildman–Crippen LogP) is 1.62. The highest BCUT2D eigenvalue weighted by Gasteiger charge is 2.15. The van der Waals surface area contributed by atoms with E-state index in [0.29, 0.717) is 6.54 Å². The number of carbonyl (C=O) groups is 1. The summed E-state index contributed by atoms with van der Waals surface area (Å²) in [4.78, 5) is 12.8. The van der Waals surface area contributed by atoms with Gasteiger partial charge in [0.05, 0.1) is 17.3 Å². The topological polar surface area (TPSA) is 58.4 Å². The molecule has 0 aliphatic carbocycles. The molecule has 1 rings (SSSR count). The summed E-state index contributed by atoms with van der Waals surface area (Å²) in [5.41, 5.74) is 2.24. The van der Waals surface area contributed by atoms with Gasteiger partial charge in [-0.15, -0.1) is 0 Å². The highest BCUT2D eigenvalue weighted by atomic mass is 16.4. The zero-order chi connectivity index (χ0) is 13.7. The second kappa shape index (κ2) is 6.54. The largest absolute Gasteiger partial charge is 0.481 e. The molecule has 1 aromatic heterocycles. The summed E-state index contributed by atoms with van der Waals surface area (Å²) in [5.74, 6) is -1.10. The number of carboxylic acids is 1. The normalized spacial score (nSPS) is 12.9. The predicted molar refractivity (Wildman–Crippen MR) is 70.4 cm³/mol. The third kappa shape index (κ3) is 3.84. The van der Waals surface area contributed by atoms with Crippen molar-refractivity contribution in [3.05, 3.63) is 17.5 Å².